The van der Waals surface area contributed by atoms with E-state index < -0.39 is 0 Å². The van der Waals surface area contributed by atoms with Crippen LogP contribution < -0.4 is 5.73 Å². The molecule has 1 atom stereocenters. The highest BCUT2D eigenvalue weighted by Gasteiger charge is 2.16. The maximum Gasteiger partial charge on any atom is 0.157 e. The molecule has 0 bridgehead atoms. The van der Waals surface area contributed by atoms with Crippen molar-refractivity contribution in [1.82, 2.24) is 0 Å². The van der Waals surface area contributed by atoms with Crippen LogP contribution in [0.25, 0.3) is 0 Å². The minimum absolute atomic E-state index is 0.0183. The van der Waals surface area contributed by atoms with Gasteiger partial charge in [-0.25, -0.2) is 0 Å². The Morgan fingerprint density at radius 1 is 1.25 bits per heavy atom. The molecule has 0 saturated carbocycles. The molecule has 0 amide bonds. The third kappa shape index (κ3) is 4.87. The van der Waals surface area contributed by atoms with Gasteiger partial charge in [0.15, 0.2) is 6.29 Å². The van der Waals surface area contributed by atoms with Gasteiger partial charge in [-0.1, -0.05) is 0 Å². The molecule has 0 radical (unpaired) electrons. The molecule has 0 aromatic rings. The van der Waals surface area contributed by atoms with Crippen LogP contribution in [0.2, 0.25) is 5.54 Å². The Kier molecular flexibility index (Phi) is 7.79. The highest BCUT2D eigenvalue weighted by molar-refractivity contribution is 6.11. The summed E-state index contributed by atoms with van der Waals surface area (Å²) in [6.45, 7) is 6.14. The average Bonchev–Trinajstić information content (AvgIpc) is 2.04. The topological polar surface area (TPSA) is 44.5 Å². The third-order valence-electron chi connectivity index (χ3n) is 1.75. The molecular weight excluding hydrogens is 170 g/mol. The van der Waals surface area contributed by atoms with E-state index in [0.29, 0.717) is 18.8 Å². The van der Waals surface area contributed by atoms with E-state index in [1.165, 1.54) is 0 Å². The molecule has 0 aliphatic heterocycles. The van der Waals surface area contributed by atoms with Gasteiger partial charge in [0.25, 0.3) is 0 Å². The fourth-order valence-electron chi connectivity index (χ4n) is 1.10. The van der Waals surface area contributed by atoms with Gasteiger partial charge in [-0.2, -0.15) is 0 Å². The second-order valence-corrected chi connectivity index (χ2v) is 4.32. The summed E-state index contributed by atoms with van der Waals surface area (Å²) in [5.41, 5.74) is 5.99. The van der Waals surface area contributed by atoms with E-state index in [1.54, 1.807) is 0 Å². The van der Waals surface area contributed by atoms with Crippen LogP contribution in [0.3, 0.4) is 0 Å². The smallest absolute Gasteiger partial charge is 0.157 e. The van der Waals surface area contributed by atoms with E-state index in [-0.39, 0.29) is 6.29 Å². The predicted molar refractivity (Wildman–Crippen MR) is 54.4 cm³/mol. The summed E-state index contributed by atoms with van der Waals surface area (Å²) in [6.07, 6.45) is 0.992. The number of rotatable bonds is 7. The quantitative estimate of drug-likeness (QED) is 0.451. The van der Waals surface area contributed by atoms with Gasteiger partial charge in [0.05, 0.1) is 0 Å². The summed E-state index contributed by atoms with van der Waals surface area (Å²) in [7, 11) is 1.08. The molecule has 74 valence electrons. The van der Waals surface area contributed by atoms with E-state index in [4.69, 9.17) is 15.2 Å². The molecule has 1 unspecified atom stereocenters. The molecular formula is C8H21NO2Si. The van der Waals surface area contributed by atoms with Crippen LogP contribution >= 0.6 is 0 Å². The molecule has 0 aliphatic carbocycles. The summed E-state index contributed by atoms with van der Waals surface area (Å²) >= 11 is 0. The second kappa shape index (κ2) is 7.73. The van der Waals surface area contributed by atoms with Gasteiger partial charge >= 0.3 is 0 Å². The number of ether oxygens (including phenoxy) is 2. The monoisotopic (exact) mass is 191 g/mol. The lowest BCUT2D eigenvalue weighted by Gasteiger charge is -2.22. The minimum atomic E-state index is -0.0183. The third-order valence-corrected chi connectivity index (χ3v) is 2.87. The van der Waals surface area contributed by atoms with Crippen LogP contribution in [0.5, 0.6) is 0 Å². The molecule has 0 saturated heterocycles. The highest BCUT2D eigenvalue weighted by Crippen LogP contribution is 2.15. The molecule has 0 rings (SSSR count). The van der Waals surface area contributed by atoms with Gasteiger partial charge in [-0.3, -0.25) is 0 Å². The maximum atomic E-state index is 5.47. The van der Waals surface area contributed by atoms with Crippen molar-refractivity contribution in [3.8, 4) is 0 Å². The molecule has 0 aromatic heterocycles. The first-order valence-electron chi connectivity index (χ1n) is 4.69. The zero-order chi connectivity index (χ0) is 9.40. The Morgan fingerprint density at radius 2 is 1.75 bits per heavy atom. The highest BCUT2D eigenvalue weighted by atomic mass is 28.1. The zero-order valence-electron chi connectivity index (χ0n) is 8.38. The molecule has 0 aliphatic rings. The van der Waals surface area contributed by atoms with Crippen molar-refractivity contribution in [3.63, 3.8) is 0 Å². The van der Waals surface area contributed by atoms with Crippen LogP contribution in [-0.4, -0.2) is 36.3 Å². The van der Waals surface area contributed by atoms with Crippen LogP contribution in [0.1, 0.15) is 20.3 Å². The van der Waals surface area contributed by atoms with Gasteiger partial charge in [-0.05, 0) is 32.4 Å². The molecule has 0 aromatic carbocycles. The van der Waals surface area contributed by atoms with Crippen molar-refractivity contribution in [2.24, 2.45) is 5.73 Å². The largest absolute Gasteiger partial charge is 0.353 e. The van der Waals surface area contributed by atoms with Gasteiger partial charge in [-0.15, -0.1) is 0 Å². The lowest BCUT2D eigenvalue weighted by Crippen LogP contribution is -2.25. The molecule has 3 nitrogen and oxygen atoms in total. The normalized spacial score (nSPS) is 14.0. The number of hydrogen-bond acceptors (Lipinski definition) is 3. The number of nitrogens with two attached hydrogens (primary N) is 1. The maximum absolute atomic E-state index is 5.47. The molecule has 4 heteroatoms. The second-order valence-electron chi connectivity index (χ2n) is 2.83. The first-order valence-corrected chi connectivity index (χ1v) is 5.84. The van der Waals surface area contributed by atoms with Crippen molar-refractivity contribution >= 4 is 10.2 Å². The Hall–Kier alpha value is 0.0969. The molecule has 12 heavy (non-hydrogen) atoms. The lowest BCUT2D eigenvalue weighted by molar-refractivity contribution is -0.138. The zero-order valence-corrected chi connectivity index (χ0v) is 10.4. The van der Waals surface area contributed by atoms with Crippen molar-refractivity contribution in [3.05, 3.63) is 0 Å². The average molecular weight is 191 g/mol. The lowest BCUT2D eigenvalue weighted by atomic mass is 10.3. The fraction of sp³-hybridized carbons (Fsp3) is 1.00. The van der Waals surface area contributed by atoms with Crippen LogP contribution in [0.15, 0.2) is 0 Å². The van der Waals surface area contributed by atoms with Gasteiger partial charge in [0.1, 0.15) is 0 Å². The van der Waals surface area contributed by atoms with Crippen molar-refractivity contribution in [2.45, 2.75) is 32.1 Å². The van der Waals surface area contributed by atoms with Crippen LogP contribution in [0.4, 0.5) is 0 Å². The van der Waals surface area contributed by atoms with E-state index in [9.17, 15) is 0 Å². The van der Waals surface area contributed by atoms with E-state index in [2.05, 4.69) is 0 Å². The van der Waals surface area contributed by atoms with Gasteiger partial charge in [0, 0.05) is 23.5 Å². The Bertz CT molecular complexity index is 97.1. The summed E-state index contributed by atoms with van der Waals surface area (Å²) in [5, 5.41) is 0. The Balaban J connectivity index is 3.72. The van der Waals surface area contributed by atoms with Crippen molar-refractivity contribution in [2.75, 3.05) is 19.8 Å². The van der Waals surface area contributed by atoms with Gasteiger partial charge < -0.3 is 15.2 Å². The Morgan fingerprint density at radius 3 is 2.08 bits per heavy atom. The van der Waals surface area contributed by atoms with E-state index in [0.717, 1.165) is 23.2 Å². The van der Waals surface area contributed by atoms with Crippen molar-refractivity contribution < 1.29 is 9.47 Å². The first kappa shape index (κ1) is 12.1. The summed E-state index contributed by atoms with van der Waals surface area (Å²) in [6, 6.07) is 0. The summed E-state index contributed by atoms with van der Waals surface area (Å²) < 4.78 is 10.9. The molecule has 0 spiro atoms. The molecule has 0 heterocycles. The van der Waals surface area contributed by atoms with E-state index in [1.807, 2.05) is 13.8 Å². The van der Waals surface area contributed by atoms with Crippen LogP contribution in [0, 0.1) is 0 Å². The predicted octanol–water partition coefficient (Wildman–Crippen LogP) is -0.112. The van der Waals surface area contributed by atoms with Gasteiger partial charge in [0.2, 0.25) is 0 Å². The SMILES string of the molecule is CCOC(OCC)C([SiH3])CCN. The standard InChI is InChI=1S/C8H21NO2Si/c1-3-10-8(11-4-2)7(12)5-6-9/h7-8H,3-6,9H2,1-2,12H3. The van der Waals surface area contributed by atoms with Crippen molar-refractivity contribution in [1.29, 1.82) is 0 Å². The molecule has 2 N–H and O–H groups in total. The van der Waals surface area contributed by atoms with E-state index >= 15 is 0 Å². The summed E-state index contributed by atoms with van der Waals surface area (Å²) in [4.78, 5) is 0. The fourth-order valence-corrected chi connectivity index (χ4v) is 1.82. The molecule has 0 fully saturated rings. The first-order chi connectivity index (χ1) is 5.76. The number of hydrogen-bond donors (Lipinski definition) is 1. The summed E-state index contributed by atoms with van der Waals surface area (Å²) in [5.74, 6) is 0. The minimum Gasteiger partial charge on any atom is -0.353 e. The Labute approximate surface area is 78.0 Å². The van der Waals surface area contributed by atoms with Crippen LogP contribution in [-0.2, 0) is 9.47 Å².